The lowest BCUT2D eigenvalue weighted by molar-refractivity contribution is -0.129. The third-order valence-electron chi connectivity index (χ3n) is 2.40. The first-order valence-electron chi connectivity index (χ1n) is 4.69. The Labute approximate surface area is 74.2 Å². The number of likely N-dealkylation sites (tertiary alicyclic amines) is 1. The van der Waals surface area contributed by atoms with Crippen LogP contribution in [0.2, 0.25) is 0 Å². The van der Waals surface area contributed by atoms with E-state index in [1.165, 1.54) is 6.42 Å². The standard InChI is InChI=1S/C10H17NO/c1-3-6-10(12)11-8-5-4-7-9(11)2/h3,6,9H,4-5,7-8H2,1-2H3/b6-3+. The summed E-state index contributed by atoms with van der Waals surface area (Å²) in [7, 11) is 0. The Morgan fingerprint density at radius 3 is 2.83 bits per heavy atom. The average Bonchev–Trinajstić information content (AvgIpc) is 2.05. The molecule has 1 rings (SSSR count). The second-order valence-electron chi connectivity index (χ2n) is 3.38. The van der Waals surface area contributed by atoms with E-state index in [0.29, 0.717) is 6.04 Å². The number of carbonyl (C=O) groups excluding carboxylic acids is 1. The van der Waals surface area contributed by atoms with Crippen LogP contribution in [-0.4, -0.2) is 23.4 Å². The topological polar surface area (TPSA) is 20.3 Å². The molecule has 0 saturated carbocycles. The van der Waals surface area contributed by atoms with E-state index in [1.807, 2.05) is 17.9 Å². The first-order valence-corrected chi connectivity index (χ1v) is 4.69. The van der Waals surface area contributed by atoms with Crippen molar-refractivity contribution in [1.29, 1.82) is 0 Å². The summed E-state index contributed by atoms with van der Waals surface area (Å²) in [6.45, 7) is 4.94. The van der Waals surface area contributed by atoms with Crippen molar-refractivity contribution in [3.05, 3.63) is 12.2 Å². The van der Waals surface area contributed by atoms with E-state index in [-0.39, 0.29) is 5.91 Å². The van der Waals surface area contributed by atoms with Crippen LogP contribution in [0.25, 0.3) is 0 Å². The van der Waals surface area contributed by atoms with Crippen molar-refractivity contribution in [2.45, 2.75) is 39.2 Å². The lowest BCUT2D eigenvalue weighted by atomic mass is 10.0. The molecule has 68 valence electrons. The van der Waals surface area contributed by atoms with Crippen molar-refractivity contribution >= 4 is 5.91 Å². The number of nitrogens with zero attached hydrogens (tertiary/aromatic N) is 1. The lowest BCUT2D eigenvalue weighted by Crippen LogP contribution is -2.41. The monoisotopic (exact) mass is 167 g/mol. The number of amides is 1. The van der Waals surface area contributed by atoms with Gasteiger partial charge in [-0.15, -0.1) is 0 Å². The maximum atomic E-state index is 11.4. The highest BCUT2D eigenvalue weighted by Crippen LogP contribution is 2.16. The minimum atomic E-state index is 0.171. The van der Waals surface area contributed by atoms with Gasteiger partial charge >= 0.3 is 0 Å². The van der Waals surface area contributed by atoms with Crippen LogP contribution in [0, 0.1) is 0 Å². The van der Waals surface area contributed by atoms with Crippen molar-refractivity contribution in [3.8, 4) is 0 Å². The molecule has 1 saturated heterocycles. The van der Waals surface area contributed by atoms with Crippen LogP contribution in [0.3, 0.4) is 0 Å². The minimum Gasteiger partial charge on any atom is -0.336 e. The Morgan fingerprint density at radius 1 is 1.50 bits per heavy atom. The van der Waals surface area contributed by atoms with E-state index in [4.69, 9.17) is 0 Å². The molecule has 1 unspecified atom stereocenters. The number of carbonyl (C=O) groups is 1. The molecule has 1 atom stereocenters. The Hall–Kier alpha value is -0.790. The van der Waals surface area contributed by atoms with Crippen LogP contribution in [0.5, 0.6) is 0 Å². The molecule has 0 bridgehead atoms. The maximum absolute atomic E-state index is 11.4. The summed E-state index contributed by atoms with van der Waals surface area (Å²) in [5, 5.41) is 0. The van der Waals surface area contributed by atoms with Gasteiger partial charge in [-0.2, -0.15) is 0 Å². The zero-order valence-electron chi connectivity index (χ0n) is 7.92. The summed E-state index contributed by atoms with van der Waals surface area (Å²) >= 11 is 0. The molecule has 0 aromatic heterocycles. The van der Waals surface area contributed by atoms with Gasteiger partial charge in [-0.05, 0) is 39.2 Å². The molecule has 2 heteroatoms. The molecule has 0 aromatic carbocycles. The molecule has 0 radical (unpaired) electrons. The summed E-state index contributed by atoms with van der Waals surface area (Å²) in [5.41, 5.74) is 0. The van der Waals surface area contributed by atoms with Gasteiger partial charge < -0.3 is 4.90 Å². The number of allylic oxidation sites excluding steroid dienone is 1. The van der Waals surface area contributed by atoms with E-state index >= 15 is 0 Å². The second-order valence-corrected chi connectivity index (χ2v) is 3.38. The predicted octanol–water partition coefficient (Wildman–Crippen LogP) is 1.96. The van der Waals surface area contributed by atoms with Gasteiger partial charge in [0.25, 0.3) is 0 Å². The van der Waals surface area contributed by atoms with E-state index in [0.717, 1.165) is 19.4 Å². The van der Waals surface area contributed by atoms with Gasteiger partial charge in [0.15, 0.2) is 0 Å². The van der Waals surface area contributed by atoms with E-state index in [9.17, 15) is 4.79 Å². The number of piperidine rings is 1. The third kappa shape index (κ3) is 2.10. The fourth-order valence-corrected chi connectivity index (χ4v) is 1.66. The Morgan fingerprint density at radius 2 is 2.25 bits per heavy atom. The summed E-state index contributed by atoms with van der Waals surface area (Å²) in [6.07, 6.45) is 7.04. The molecule has 1 aliphatic rings. The van der Waals surface area contributed by atoms with E-state index in [2.05, 4.69) is 6.92 Å². The first-order chi connectivity index (χ1) is 5.75. The lowest BCUT2D eigenvalue weighted by Gasteiger charge is -2.32. The smallest absolute Gasteiger partial charge is 0.246 e. The van der Waals surface area contributed by atoms with Gasteiger partial charge in [-0.3, -0.25) is 4.79 Å². The Bertz CT molecular complexity index is 186. The molecule has 1 heterocycles. The van der Waals surface area contributed by atoms with Crippen molar-refractivity contribution < 1.29 is 4.79 Å². The number of hydrogen-bond acceptors (Lipinski definition) is 1. The van der Waals surface area contributed by atoms with Gasteiger partial charge in [0, 0.05) is 12.6 Å². The SMILES string of the molecule is C/C=C/C(=O)N1CCCCC1C. The van der Waals surface area contributed by atoms with Crippen molar-refractivity contribution in [1.82, 2.24) is 4.90 Å². The van der Waals surface area contributed by atoms with Crippen LogP contribution < -0.4 is 0 Å². The molecule has 0 aliphatic carbocycles. The highest BCUT2D eigenvalue weighted by molar-refractivity contribution is 5.87. The molecule has 0 aromatic rings. The highest BCUT2D eigenvalue weighted by atomic mass is 16.2. The molecule has 1 aliphatic heterocycles. The zero-order chi connectivity index (χ0) is 8.97. The predicted molar refractivity (Wildman–Crippen MR) is 49.8 cm³/mol. The molecule has 2 nitrogen and oxygen atoms in total. The van der Waals surface area contributed by atoms with Crippen molar-refractivity contribution in [2.24, 2.45) is 0 Å². The highest BCUT2D eigenvalue weighted by Gasteiger charge is 2.20. The molecule has 12 heavy (non-hydrogen) atoms. The van der Waals surface area contributed by atoms with Crippen LogP contribution in [-0.2, 0) is 4.79 Å². The summed E-state index contributed by atoms with van der Waals surface area (Å²) in [6, 6.07) is 0.433. The van der Waals surface area contributed by atoms with Gasteiger partial charge in [0.1, 0.15) is 0 Å². The van der Waals surface area contributed by atoms with Crippen LogP contribution in [0.1, 0.15) is 33.1 Å². The Balaban J connectivity index is 2.53. The van der Waals surface area contributed by atoms with Crippen molar-refractivity contribution in [3.63, 3.8) is 0 Å². The van der Waals surface area contributed by atoms with E-state index in [1.54, 1.807) is 6.08 Å². The summed E-state index contributed by atoms with van der Waals surface area (Å²) < 4.78 is 0. The molecule has 1 fully saturated rings. The maximum Gasteiger partial charge on any atom is 0.246 e. The normalized spacial score (nSPS) is 24.8. The third-order valence-corrected chi connectivity index (χ3v) is 2.40. The summed E-state index contributed by atoms with van der Waals surface area (Å²) in [4.78, 5) is 13.4. The van der Waals surface area contributed by atoms with Gasteiger partial charge in [-0.1, -0.05) is 6.08 Å². The van der Waals surface area contributed by atoms with Gasteiger partial charge in [0.05, 0.1) is 0 Å². The average molecular weight is 167 g/mol. The minimum absolute atomic E-state index is 0.171. The fourth-order valence-electron chi connectivity index (χ4n) is 1.66. The van der Waals surface area contributed by atoms with Crippen LogP contribution in [0.15, 0.2) is 12.2 Å². The Kier molecular flexibility index (Phi) is 3.32. The van der Waals surface area contributed by atoms with E-state index < -0.39 is 0 Å². The quantitative estimate of drug-likeness (QED) is 0.547. The van der Waals surface area contributed by atoms with Gasteiger partial charge in [0.2, 0.25) is 5.91 Å². The molecule has 1 amide bonds. The number of hydrogen-bond donors (Lipinski definition) is 0. The zero-order valence-corrected chi connectivity index (χ0v) is 7.92. The summed E-state index contributed by atoms with van der Waals surface area (Å²) in [5.74, 6) is 0.171. The first kappa shape index (κ1) is 9.30. The molecule has 0 spiro atoms. The molecular formula is C10H17NO. The molecule has 0 N–H and O–H groups in total. The number of rotatable bonds is 1. The van der Waals surface area contributed by atoms with Crippen LogP contribution in [0.4, 0.5) is 0 Å². The second kappa shape index (κ2) is 4.29. The van der Waals surface area contributed by atoms with Gasteiger partial charge in [-0.25, -0.2) is 0 Å². The largest absolute Gasteiger partial charge is 0.336 e. The fraction of sp³-hybridized carbons (Fsp3) is 0.700. The molecular weight excluding hydrogens is 150 g/mol. The van der Waals surface area contributed by atoms with Crippen LogP contribution >= 0.6 is 0 Å². The van der Waals surface area contributed by atoms with Crippen molar-refractivity contribution in [2.75, 3.05) is 6.54 Å².